The predicted octanol–water partition coefficient (Wildman–Crippen LogP) is 22.2. The van der Waals surface area contributed by atoms with Crippen LogP contribution in [0.4, 0.5) is 34.1 Å². The molecular formula is C88H79BN4. The van der Waals surface area contributed by atoms with Gasteiger partial charge in [-0.1, -0.05) is 259 Å². The fourth-order valence-electron chi connectivity index (χ4n) is 13.8. The number of fused-ring (bicyclic) bond motifs is 10. The smallest absolute Gasteiger partial charge is 0.252 e. The molecule has 0 unspecified atom stereocenters. The Kier molecular flexibility index (Phi) is 9.29. The number of rotatable bonds is 7. The van der Waals surface area contributed by atoms with Gasteiger partial charge in [-0.2, -0.15) is 0 Å². The molecule has 0 N–H and O–H groups in total. The Labute approximate surface area is 575 Å². The van der Waals surface area contributed by atoms with E-state index >= 15 is 0 Å². The first-order valence-corrected chi connectivity index (χ1v) is 31.7. The molecule has 14 aromatic rings. The summed E-state index contributed by atoms with van der Waals surface area (Å²) in [6, 6.07) is 37.4. The van der Waals surface area contributed by atoms with E-state index in [1.807, 2.05) is 66.7 Å². The highest BCUT2D eigenvalue weighted by Gasteiger charge is 2.45. The zero-order chi connectivity index (χ0) is 80.6. The second-order valence-electron chi connectivity index (χ2n) is 28.8. The van der Waals surface area contributed by atoms with Gasteiger partial charge in [-0.15, -0.1) is 0 Å². The zero-order valence-electron chi connectivity index (χ0n) is 73.2. The van der Waals surface area contributed by atoms with Gasteiger partial charge in [0.05, 0.1) is 59.5 Å². The summed E-state index contributed by atoms with van der Waals surface area (Å²) in [6.07, 6.45) is 0. The molecule has 0 saturated heterocycles. The summed E-state index contributed by atoms with van der Waals surface area (Å²) >= 11 is 0. The van der Waals surface area contributed by atoms with Crippen molar-refractivity contribution in [2.75, 3.05) is 9.80 Å². The Hall–Kier alpha value is -10.1. The molecular weight excluding hydrogens is 1120 g/mol. The van der Waals surface area contributed by atoms with Gasteiger partial charge in [-0.25, -0.2) is 0 Å². The van der Waals surface area contributed by atoms with E-state index in [-0.39, 0.29) is 77.6 Å². The van der Waals surface area contributed by atoms with Crippen LogP contribution in [0.3, 0.4) is 0 Å². The van der Waals surface area contributed by atoms with Crippen molar-refractivity contribution in [3.05, 3.63) is 283 Å². The van der Waals surface area contributed by atoms with Crippen molar-refractivity contribution in [2.45, 2.75) is 105 Å². The molecule has 0 amide bonds. The van der Waals surface area contributed by atoms with Crippen molar-refractivity contribution in [3.8, 4) is 44.8 Å². The first-order chi connectivity index (χ1) is 52.6. The first kappa shape index (κ1) is 40.7. The number of nitrogens with zero attached hydrogens (tertiary/aromatic N) is 4. The summed E-state index contributed by atoms with van der Waals surface area (Å²) in [4.78, 5) is 4.17. The van der Waals surface area contributed by atoms with Crippen LogP contribution in [-0.2, 0) is 21.7 Å². The third-order valence-corrected chi connectivity index (χ3v) is 18.7. The van der Waals surface area contributed by atoms with Gasteiger partial charge in [0.25, 0.3) is 6.71 Å². The molecule has 0 saturated carbocycles. The van der Waals surface area contributed by atoms with E-state index in [1.165, 1.54) is 15.2 Å². The lowest BCUT2D eigenvalue weighted by molar-refractivity contribution is 0.569. The minimum absolute atomic E-state index is 0.0797. The topological polar surface area (TPSA) is 16.3 Å². The van der Waals surface area contributed by atoms with E-state index in [9.17, 15) is 20.6 Å². The molecule has 16 rings (SSSR count). The summed E-state index contributed by atoms with van der Waals surface area (Å²) in [5, 5.41) is -0.771. The third-order valence-electron chi connectivity index (χ3n) is 18.7. The minimum atomic E-state index is -1.22. The lowest BCUT2D eigenvalue weighted by Crippen LogP contribution is -2.61. The molecule has 0 spiro atoms. The summed E-state index contributed by atoms with van der Waals surface area (Å²) in [7, 11) is 0. The highest BCUT2D eigenvalue weighted by Crippen LogP contribution is 2.52. The Balaban J connectivity index is 1.17. The van der Waals surface area contributed by atoms with E-state index in [0.29, 0.717) is 39.5 Å². The fourth-order valence-corrected chi connectivity index (χ4v) is 13.8. The molecule has 4 heterocycles. The van der Waals surface area contributed by atoms with E-state index in [2.05, 4.69) is 154 Å². The van der Waals surface area contributed by atoms with Crippen molar-refractivity contribution in [3.63, 3.8) is 0 Å². The number of para-hydroxylation sites is 4. The van der Waals surface area contributed by atoms with Gasteiger partial charge in [0.1, 0.15) is 0 Å². The molecule has 0 aliphatic carbocycles. The number of aromatic nitrogens is 2. The standard InChI is InChI=1S/C88H79BN4/c1-85(2,3)60-39-45-78(70(52-60)56-27-15-13-16-28-56)92-80-54-64(90-74-35-23-19-31-66(74)67-32-20-24-36-75(67)90)41-43-72(80)89-73-44-42-65(91-76-37-25-21-33-68(76)69-34-22-26-38-77(69)91)55-81(73)93(79-46-40-61(86(4,5)6)53-71(79)57-29-17-14-18-30-57)83-50-59(49-82(92)84(83)89)58-47-62(87(7,8)9)51-63(48-58)88(10,11)12/h13-55H,1-12H3/i19D,20D,21D,22D,23D,24D,25D,26D,31D,32D,33D,34D,35D,36D,37D,38D,41D,43D,44D. The number of anilines is 6. The highest BCUT2D eigenvalue weighted by molar-refractivity contribution is 7.00. The van der Waals surface area contributed by atoms with Crippen molar-refractivity contribution < 1.29 is 26.0 Å². The van der Waals surface area contributed by atoms with Crippen LogP contribution in [0.15, 0.2) is 260 Å². The Bertz CT molecular complexity index is 6290. The van der Waals surface area contributed by atoms with Crippen LogP contribution in [0.1, 0.15) is 131 Å². The van der Waals surface area contributed by atoms with Crippen LogP contribution in [0.25, 0.3) is 88.4 Å². The summed E-state index contributed by atoms with van der Waals surface area (Å²) < 4.78 is 186. The summed E-state index contributed by atoms with van der Waals surface area (Å²) in [5.74, 6) is 0. The SMILES string of the molecule is [2H]c1cc(-n2c3c([2H])c([2H])c([2H])c([2H])c3c3c([2H])c([2H])c([2H])c([2H])c32)cc2c1B1c3c(cc(-c4cc(C(C)(C)C)cc(C(C)(C)C)c4)cc3N(c3ccc(C(C)(C)C)cc3-c3ccccc3)c3cc(-n4c5c([2H])c([2H])c([2H])c([2H])c5c5c([2H])c([2H])c([2H])c([2H])c54)c([2H])c([2H])c31)N2c1ccc(C(C)(C)C)cc1-c1ccccc1. The van der Waals surface area contributed by atoms with Gasteiger partial charge in [0, 0.05) is 66.8 Å². The van der Waals surface area contributed by atoms with Crippen molar-refractivity contribution in [1.29, 1.82) is 0 Å². The maximum atomic E-state index is 11.2. The Morgan fingerprint density at radius 2 is 0.667 bits per heavy atom. The number of hydrogen-bond donors (Lipinski definition) is 0. The van der Waals surface area contributed by atoms with E-state index in [0.717, 1.165) is 50.1 Å². The predicted molar refractivity (Wildman–Crippen MR) is 400 cm³/mol. The highest BCUT2D eigenvalue weighted by atomic mass is 15.2. The molecule has 2 aliphatic rings. The molecule has 0 radical (unpaired) electrons. The Morgan fingerprint density at radius 3 is 1.09 bits per heavy atom. The van der Waals surface area contributed by atoms with E-state index in [4.69, 9.17) is 5.48 Å². The molecule has 454 valence electrons. The van der Waals surface area contributed by atoms with Gasteiger partial charge in [-0.3, -0.25) is 0 Å². The molecule has 2 aliphatic heterocycles. The molecule has 0 bridgehead atoms. The van der Waals surface area contributed by atoms with Crippen LogP contribution in [0.5, 0.6) is 0 Å². The molecule has 93 heavy (non-hydrogen) atoms. The number of benzene rings is 12. The van der Waals surface area contributed by atoms with Crippen LogP contribution < -0.4 is 26.2 Å². The monoisotopic (exact) mass is 1220 g/mol. The summed E-state index contributed by atoms with van der Waals surface area (Å²) in [6.45, 7) is 24.6. The third kappa shape index (κ3) is 9.56. The molecule has 4 nitrogen and oxygen atoms in total. The average molecular weight is 1220 g/mol. The Morgan fingerprint density at radius 1 is 0.290 bits per heavy atom. The lowest BCUT2D eigenvalue weighted by Gasteiger charge is -2.45. The molecule has 5 heteroatoms. The molecule has 0 fully saturated rings. The molecule has 2 aromatic heterocycles. The van der Waals surface area contributed by atoms with Gasteiger partial charge < -0.3 is 18.9 Å². The number of hydrogen-bond acceptors (Lipinski definition) is 2. The first-order valence-electron chi connectivity index (χ1n) is 41.2. The second kappa shape index (κ2) is 21.2. The maximum Gasteiger partial charge on any atom is 0.252 e. The van der Waals surface area contributed by atoms with Gasteiger partial charge in [0.15, 0.2) is 0 Å². The van der Waals surface area contributed by atoms with Crippen molar-refractivity contribution >= 4 is 101 Å². The lowest BCUT2D eigenvalue weighted by atomic mass is 9.33. The average Bonchev–Trinajstić information content (AvgIpc) is 0.888. The summed E-state index contributed by atoms with van der Waals surface area (Å²) in [5.41, 5.74) is 10.0. The van der Waals surface area contributed by atoms with Gasteiger partial charge >= 0.3 is 0 Å². The van der Waals surface area contributed by atoms with Crippen LogP contribution in [0.2, 0.25) is 0 Å². The normalized spacial score (nSPS) is 16.2. The van der Waals surface area contributed by atoms with E-state index < -0.39 is 137 Å². The van der Waals surface area contributed by atoms with E-state index in [1.54, 1.807) is 12.1 Å². The van der Waals surface area contributed by atoms with Crippen LogP contribution in [0, 0.1) is 0 Å². The molecule has 0 atom stereocenters. The quantitative estimate of drug-likeness (QED) is 0.148. The largest absolute Gasteiger partial charge is 0.311 e. The maximum absolute atomic E-state index is 11.2. The van der Waals surface area contributed by atoms with Crippen LogP contribution in [-0.4, -0.2) is 15.8 Å². The van der Waals surface area contributed by atoms with Gasteiger partial charge in [-0.05, 0) is 167 Å². The molecule has 12 aromatic carbocycles. The van der Waals surface area contributed by atoms with Crippen molar-refractivity contribution in [1.82, 2.24) is 9.13 Å². The minimum Gasteiger partial charge on any atom is -0.311 e. The van der Waals surface area contributed by atoms with Crippen LogP contribution >= 0.6 is 0 Å². The van der Waals surface area contributed by atoms with Crippen molar-refractivity contribution in [2.24, 2.45) is 0 Å². The van der Waals surface area contributed by atoms with Gasteiger partial charge in [0.2, 0.25) is 0 Å². The zero-order valence-corrected chi connectivity index (χ0v) is 54.2. The fraction of sp³-hybridized carbons (Fsp3) is 0.182. The second-order valence-corrected chi connectivity index (χ2v) is 28.8.